The molecular weight excluding hydrogens is 248 g/mol. The lowest BCUT2D eigenvalue weighted by Crippen LogP contribution is -2.05. The molecule has 0 aliphatic heterocycles. The minimum Gasteiger partial charge on any atom is -0.399 e. The zero-order valence-electron chi connectivity index (χ0n) is 9.92. The predicted molar refractivity (Wildman–Crippen MR) is 71.9 cm³/mol. The van der Waals surface area contributed by atoms with Gasteiger partial charge in [-0.25, -0.2) is 8.42 Å². The topological polar surface area (TPSA) is 86.2 Å². The largest absolute Gasteiger partial charge is 0.399 e. The molecule has 0 aliphatic carbocycles. The molecule has 94 valence electrons. The average molecular weight is 262 g/mol. The molecule has 0 spiro atoms. The van der Waals surface area contributed by atoms with Crippen LogP contribution in [0.3, 0.4) is 0 Å². The molecule has 18 heavy (non-hydrogen) atoms. The summed E-state index contributed by atoms with van der Waals surface area (Å²) in [4.78, 5) is 0.442. The van der Waals surface area contributed by atoms with Crippen LogP contribution in [0.25, 0.3) is 0 Å². The van der Waals surface area contributed by atoms with Gasteiger partial charge in [0.15, 0.2) is 0 Å². The number of nitrogen functional groups attached to an aromatic ring is 2. The molecule has 4 N–H and O–H groups in total. The summed E-state index contributed by atoms with van der Waals surface area (Å²) < 4.78 is 24.8. The Balaban J connectivity index is 2.62. The highest BCUT2D eigenvalue weighted by Gasteiger charge is 2.19. The van der Waals surface area contributed by atoms with Crippen molar-refractivity contribution in [3.05, 3.63) is 48.0 Å². The van der Waals surface area contributed by atoms with E-state index in [1.165, 1.54) is 18.2 Å². The highest BCUT2D eigenvalue weighted by molar-refractivity contribution is 7.91. The first kappa shape index (κ1) is 12.4. The number of hydrogen-bond donors (Lipinski definition) is 2. The van der Waals surface area contributed by atoms with Crippen LogP contribution in [0.15, 0.2) is 52.3 Å². The number of aryl methyl sites for hydroxylation is 1. The van der Waals surface area contributed by atoms with Crippen LogP contribution in [0.2, 0.25) is 0 Å². The lowest BCUT2D eigenvalue weighted by Gasteiger charge is -2.09. The van der Waals surface area contributed by atoms with E-state index in [-0.39, 0.29) is 9.79 Å². The summed E-state index contributed by atoms with van der Waals surface area (Å²) in [5.74, 6) is 0. The summed E-state index contributed by atoms with van der Waals surface area (Å²) >= 11 is 0. The predicted octanol–water partition coefficient (Wildman–Crippen LogP) is 1.99. The van der Waals surface area contributed by atoms with Gasteiger partial charge in [-0.15, -0.1) is 0 Å². The van der Waals surface area contributed by atoms with E-state index in [0.29, 0.717) is 16.9 Å². The molecule has 0 unspecified atom stereocenters. The van der Waals surface area contributed by atoms with Crippen molar-refractivity contribution in [2.75, 3.05) is 11.5 Å². The van der Waals surface area contributed by atoms with Gasteiger partial charge >= 0.3 is 0 Å². The molecule has 0 fully saturated rings. The van der Waals surface area contributed by atoms with Gasteiger partial charge in [0.25, 0.3) is 0 Å². The first-order valence-corrected chi connectivity index (χ1v) is 6.86. The Morgan fingerprint density at radius 2 is 1.61 bits per heavy atom. The number of benzene rings is 2. The monoisotopic (exact) mass is 262 g/mol. The Hall–Kier alpha value is -2.01. The van der Waals surface area contributed by atoms with E-state index in [4.69, 9.17) is 11.5 Å². The fourth-order valence-corrected chi connectivity index (χ4v) is 3.32. The van der Waals surface area contributed by atoms with Crippen molar-refractivity contribution in [1.82, 2.24) is 0 Å². The van der Waals surface area contributed by atoms with Gasteiger partial charge in [0, 0.05) is 11.4 Å². The molecule has 2 aromatic carbocycles. The number of anilines is 2. The van der Waals surface area contributed by atoms with Crippen molar-refractivity contribution in [3.63, 3.8) is 0 Å². The molecule has 2 rings (SSSR count). The van der Waals surface area contributed by atoms with Crippen LogP contribution >= 0.6 is 0 Å². The van der Waals surface area contributed by atoms with E-state index < -0.39 is 9.84 Å². The lowest BCUT2D eigenvalue weighted by atomic mass is 10.2. The molecule has 0 saturated carbocycles. The zero-order valence-corrected chi connectivity index (χ0v) is 10.7. The van der Waals surface area contributed by atoms with Crippen LogP contribution in [0.5, 0.6) is 0 Å². The summed E-state index contributed by atoms with van der Waals surface area (Å²) in [6, 6.07) is 11.0. The molecule has 0 saturated heterocycles. The summed E-state index contributed by atoms with van der Waals surface area (Å²) in [5.41, 5.74) is 12.8. The Morgan fingerprint density at radius 1 is 0.944 bits per heavy atom. The quantitative estimate of drug-likeness (QED) is 0.810. The molecule has 0 heterocycles. The molecule has 4 nitrogen and oxygen atoms in total. The first-order valence-electron chi connectivity index (χ1n) is 5.38. The molecule has 0 aliphatic rings. The standard InChI is InChI=1S/C13H14N2O2S/c1-9-7-11(15)5-6-13(9)18(16,17)12-4-2-3-10(14)8-12/h2-8H,14-15H2,1H3. The average Bonchev–Trinajstić information content (AvgIpc) is 2.28. The van der Waals surface area contributed by atoms with Gasteiger partial charge in [-0.1, -0.05) is 6.07 Å². The fraction of sp³-hybridized carbons (Fsp3) is 0.0769. The Morgan fingerprint density at radius 3 is 2.22 bits per heavy atom. The van der Waals surface area contributed by atoms with E-state index in [2.05, 4.69) is 0 Å². The van der Waals surface area contributed by atoms with Crippen LogP contribution < -0.4 is 11.5 Å². The number of rotatable bonds is 2. The second kappa shape index (κ2) is 4.34. The second-order valence-electron chi connectivity index (χ2n) is 4.10. The van der Waals surface area contributed by atoms with Crippen LogP contribution in [0.1, 0.15) is 5.56 Å². The molecule has 0 amide bonds. The van der Waals surface area contributed by atoms with Gasteiger partial charge in [-0.3, -0.25) is 0 Å². The highest BCUT2D eigenvalue weighted by atomic mass is 32.2. The third-order valence-electron chi connectivity index (χ3n) is 2.66. The summed E-state index contributed by atoms with van der Waals surface area (Å²) in [6.45, 7) is 1.72. The minimum absolute atomic E-state index is 0.190. The molecular formula is C13H14N2O2S. The minimum atomic E-state index is -3.54. The van der Waals surface area contributed by atoms with Gasteiger partial charge < -0.3 is 11.5 Å². The van der Waals surface area contributed by atoms with E-state index in [1.54, 1.807) is 31.2 Å². The summed E-state index contributed by atoms with van der Waals surface area (Å²) in [7, 11) is -3.54. The fourth-order valence-electron chi connectivity index (χ4n) is 1.78. The van der Waals surface area contributed by atoms with E-state index in [1.807, 2.05) is 0 Å². The van der Waals surface area contributed by atoms with Crippen molar-refractivity contribution in [2.24, 2.45) is 0 Å². The van der Waals surface area contributed by atoms with E-state index in [0.717, 1.165) is 0 Å². The number of hydrogen-bond acceptors (Lipinski definition) is 4. The van der Waals surface area contributed by atoms with E-state index >= 15 is 0 Å². The Kier molecular flexibility index (Phi) is 3.00. The Bertz CT molecular complexity index is 694. The van der Waals surface area contributed by atoms with Gasteiger partial charge in [0.05, 0.1) is 9.79 Å². The van der Waals surface area contributed by atoms with Crippen molar-refractivity contribution < 1.29 is 8.42 Å². The maximum absolute atomic E-state index is 12.4. The van der Waals surface area contributed by atoms with Crippen LogP contribution in [-0.4, -0.2) is 8.42 Å². The molecule has 2 aromatic rings. The molecule has 0 bridgehead atoms. The third kappa shape index (κ3) is 2.17. The highest BCUT2D eigenvalue weighted by Crippen LogP contribution is 2.26. The SMILES string of the molecule is Cc1cc(N)ccc1S(=O)(=O)c1cccc(N)c1. The van der Waals surface area contributed by atoms with Crippen LogP contribution in [-0.2, 0) is 9.84 Å². The van der Waals surface area contributed by atoms with Crippen molar-refractivity contribution in [3.8, 4) is 0 Å². The van der Waals surface area contributed by atoms with Crippen molar-refractivity contribution >= 4 is 21.2 Å². The van der Waals surface area contributed by atoms with Gasteiger partial charge in [-0.05, 0) is 48.9 Å². The zero-order chi connectivity index (χ0) is 13.3. The van der Waals surface area contributed by atoms with E-state index in [9.17, 15) is 8.42 Å². The Labute approximate surface area is 106 Å². The summed E-state index contributed by atoms with van der Waals surface area (Å²) in [5, 5.41) is 0. The second-order valence-corrected chi connectivity index (χ2v) is 6.02. The maximum atomic E-state index is 12.4. The molecule has 0 atom stereocenters. The lowest BCUT2D eigenvalue weighted by molar-refractivity contribution is 0.595. The van der Waals surface area contributed by atoms with Crippen LogP contribution in [0.4, 0.5) is 11.4 Å². The molecule has 0 aromatic heterocycles. The first-order chi connectivity index (χ1) is 8.41. The smallest absolute Gasteiger partial charge is 0.206 e. The normalized spacial score (nSPS) is 11.4. The van der Waals surface area contributed by atoms with Crippen molar-refractivity contribution in [1.29, 1.82) is 0 Å². The van der Waals surface area contributed by atoms with Gasteiger partial charge in [-0.2, -0.15) is 0 Å². The molecule has 5 heteroatoms. The van der Waals surface area contributed by atoms with Gasteiger partial charge in [0.1, 0.15) is 0 Å². The third-order valence-corrected chi connectivity index (χ3v) is 4.57. The number of sulfone groups is 1. The summed E-state index contributed by atoms with van der Waals surface area (Å²) in [6.07, 6.45) is 0. The van der Waals surface area contributed by atoms with Crippen molar-refractivity contribution in [2.45, 2.75) is 16.7 Å². The van der Waals surface area contributed by atoms with Gasteiger partial charge in [0.2, 0.25) is 9.84 Å². The maximum Gasteiger partial charge on any atom is 0.206 e. The molecule has 0 radical (unpaired) electrons. The van der Waals surface area contributed by atoms with Crippen LogP contribution in [0, 0.1) is 6.92 Å². The number of nitrogens with two attached hydrogens (primary N) is 2.